The van der Waals surface area contributed by atoms with E-state index in [4.69, 9.17) is 16.0 Å². The number of rotatable bonds is 3. The number of carbonyl (C=O) groups excluding carboxylic acids is 1. The molecule has 1 amide bonds. The third kappa shape index (κ3) is 2.13. The van der Waals surface area contributed by atoms with Gasteiger partial charge in [0.1, 0.15) is 5.58 Å². The van der Waals surface area contributed by atoms with Crippen LogP contribution in [0.2, 0.25) is 0 Å². The predicted molar refractivity (Wildman–Crippen MR) is 59.3 cm³/mol. The third-order valence-electron chi connectivity index (χ3n) is 2.03. The van der Waals surface area contributed by atoms with Crippen LogP contribution in [0.1, 0.15) is 10.6 Å². The van der Waals surface area contributed by atoms with E-state index in [1.807, 2.05) is 24.3 Å². The molecule has 15 heavy (non-hydrogen) atoms. The molecule has 0 unspecified atom stereocenters. The van der Waals surface area contributed by atoms with Gasteiger partial charge in [-0.05, 0) is 12.1 Å². The Hall–Kier alpha value is -1.48. The van der Waals surface area contributed by atoms with Gasteiger partial charge >= 0.3 is 0 Å². The molecule has 0 atom stereocenters. The fourth-order valence-corrected chi connectivity index (χ4v) is 1.44. The lowest BCUT2D eigenvalue weighted by atomic mass is 10.2. The molecule has 0 fully saturated rings. The maximum atomic E-state index is 11.5. The lowest BCUT2D eigenvalue weighted by Gasteiger charge is -1.97. The molecule has 0 aliphatic carbocycles. The maximum Gasteiger partial charge on any atom is 0.287 e. The lowest BCUT2D eigenvalue weighted by molar-refractivity contribution is 0.0930. The summed E-state index contributed by atoms with van der Waals surface area (Å²) in [7, 11) is 0. The van der Waals surface area contributed by atoms with E-state index >= 15 is 0 Å². The first-order valence-electron chi connectivity index (χ1n) is 4.64. The first kappa shape index (κ1) is 10.1. The van der Waals surface area contributed by atoms with E-state index in [0.717, 1.165) is 5.39 Å². The number of hydrogen-bond acceptors (Lipinski definition) is 2. The molecule has 3 nitrogen and oxygen atoms in total. The van der Waals surface area contributed by atoms with E-state index in [2.05, 4.69) is 5.32 Å². The standard InChI is InChI=1S/C11H10ClNO2/c12-5-6-13-11(14)10-7-8-3-1-2-4-9(8)15-10/h1-4,7H,5-6H2,(H,13,14). The number of para-hydroxylation sites is 1. The molecule has 0 bridgehead atoms. The monoisotopic (exact) mass is 223 g/mol. The van der Waals surface area contributed by atoms with Gasteiger partial charge in [-0.25, -0.2) is 0 Å². The second-order valence-electron chi connectivity index (χ2n) is 3.09. The Bertz CT molecular complexity index is 445. The van der Waals surface area contributed by atoms with Crippen LogP contribution in [-0.2, 0) is 0 Å². The molecule has 0 saturated heterocycles. The van der Waals surface area contributed by atoms with E-state index in [1.54, 1.807) is 6.07 Å². The fraction of sp³-hybridized carbons (Fsp3) is 0.182. The summed E-state index contributed by atoms with van der Waals surface area (Å²) in [6.07, 6.45) is 0. The van der Waals surface area contributed by atoms with Crippen molar-refractivity contribution in [3.8, 4) is 0 Å². The van der Waals surface area contributed by atoms with Crippen LogP contribution in [0.25, 0.3) is 11.0 Å². The SMILES string of the molecule is O=C(NCCCl)c1cc2ccccc2o1. The van der Waals surface area contributed by atoms with Crippen molar-refractivity contribution in [1.29, 1.82) is 0 Å². The van der Waals surface area contributed by atoms with Gasteiger partial charge in [0.25, 0.3) is 5.91 Å². The molecule has 4 heteroatoms. The maximum absolute atomic E-state index is 11.5. The molecule has 0 aliphatic rings. The number of halogens is 1. The van der Waals surface area contributed by atoms with Crippen LogP contribution in [0.4, 0.5) is 0 Å². The fourth-order valence-electron chi connectivity index (χ4n) is 1.34. The highest BCUT2D eigenvalue weighted by molar-refractivity contribution is 6.18. The first-order chi connectivity index (χ1) is 7.31. The lowest BCUT2D eigenvalue weighted by Crippen LogP contribution is -2.24. The van der Waals surface area contributed by atoms with Gasteiger partial charge in [0, 0.05) is 17.8 Å². The summed E-state index contributed by atoms with van der Waals surface area (Å²) in [5, 5.41) is 3.57. The van der Waals surface area contributed by atoms with Gasteiger partial charge in [-0.1, -0.05) is 18.2 Å². The Balaban J connectivity index is 2.25. The number of furan rings is 1. The van der Waals surface area contributed by atoms with Crippen LogP contribution in [0.15, 0.2) is 34.7 Å². The van der Waals surface area contributed by atoms with Crippen LogP contribution in [0, 0.1) is 0 Å². The molecular weight excluding hydrogens is 214 g/mol. The highest BCUT2D eigenvalue weighted by atomic mass is 35.5. The van der Waals surface area contributed by atoms with Gasteiger partial charge in [-0.3, -0.25) is 4.79 Å². The molecule has 78 valence electrons. The van der Waals surface area contributed by atoms with Gasteiger partial charge in [0.15, 0.2) is 5.76 Å². The number of fused-ring (bicyclic) bond motifs is 1. The van der Waals surface area contributed by atoms with Crippen molar-refractivity contribution in [2.45, 2.75) is 0 Å². The molecule has 1 N–H and O–H groups in total. The van der Waals surface area contributed by atoms with Crippen molar-refractivity contribution in [2.24, 2.45) is 0 Å². The van der Waals surface area contributed by atoms with Gasteiger partial charge in [0.2, 0.25) is 0 Å². The second kappa shape index (κ2) is 4.36. The topological polar surface area (TPSA) is 42.2 Å². The Morgan fingerprint density at radius 1 is 1.40 bits per heavy atom. The van der Waals surface area contributed by atoms with Crippen molar-refractivity contribution in [2.75, 3.05) is 12.4 Å². The summed E-state index contributed by atoms with van der Waals surface area (Å²) in [5.41, 5.74) is 0.716. The summed E-state index contributed by atoms with van der Waals surface area (Å²) < 4.78 is 5.37. The average Bonchev–Trinajstić information content (AvgIpc) is 2.69. The van der Waals surface area contributed by atoms with Crippen LogP contribution in [0.3, 0.4) is 0 Å². The molecule has 0 radical (unpaired) electrons. The Kier molecular flexibility index (Phi) is 2.92. The largest absolute Gasteiger partial charge is 0.451 e. The number of alkyl halides is 1. The molecular formula is C11H10ClNO2. The van der Waals surface area contributed by atoms with Crippen molar-refractivity contribution >= 4 is 28.5 Å². The molecule has 0 saturated carbocycles. The van der Waals surface area contributed by atoms with E-state index < -0.39 is 0 Å². The van der Waals surface area contributed by atoms with Gasteiger partial charge in [-0.2, -0.15) is 0 Å². The van der Waals surface area contributed by atoms with E-state index in [0.29, 0.717) is 23.8 Å². The molecule has 0 aliphatic heterocycles. The first-order valence-corrected chi connectivity index (χ1v) is 5.17. The van der Waals surface area contributed by atoms with Gasteiger partial charge in [-0.15, -0.1) is 11.6 Å². The zero-order valence-electron chi connectivity index (χ0n) is 8.00. The Morgan fingerprint density at radius 2 is 2.20 bits per heavy atom. The molecule has 1 heterocycles. The zero-order chi connectivity index (χ0) is 10.7. The number of carbonyl (C=O) groups is 1. The van der Waals surface area contributed by atoms with Gasteiger partial charge in [0.05, 0.1) is 0 Å². The van der Waals surface area contributed by atoms with E-state index in [-0.39, 0.29) is 5.91 Å². The predicted octanol–water partition coefficient (Wildman–Crippen LogP) is 2.40. The minimum absolute atomic E-state index is 0.230. The van der Waals surface area contributed by atoms with Crippen molar-refractivity contribution in [3.63, 3.8) is 0 Å². The molecule has 1 aromatic heterocycles. The van der Waals surface area contributed by atoms with Crippen molar-refractivity contribution in [1.82, 2.24) is 5.32 Å². The van der Waals surface area contributed by atoms with Crippen molar-refractivity contribution < 1.29 is 9.21 Å². The number of hydrogen-bond donors (Lipinski definition) is 1. The van der Waals surface area contributed by atoms with Crippen LogP contribution < -0.4 is 5.32 Å². The summed E-state index contributed by atoms with van der Waals surface area (Å²) in [6, 6.07) is 9.22. The number of amides is 1. The Morgan fingerprint density at radius 3 is 2.93 bits per heavy atom. The van der Waals surface area contributed by atoms with Crippen LogP contribution in [0.5, 0.6) is 0 Å². The average molecular weight is 224 g/mol. The molecule has 2 aromatic rings. The highest BCUT2D eigenvalue weighted by Crippen LogP contribution is 2.18. The molecule has 1 aromatic carbocycles. The number of benzene rings is 1. The normalized spacial score (nSPS) is 10.5. The third-order valence-corrected chi connectivity index (χ3v) is 2.22. The van der Waals surface area contributed by atoms with E-state index in [9.17, 15) is 4.79 Å². The summed E-state index contributed by atoms with van der Waals surface area (Å²) in [5.74, 6) is 0.486. The van der Waals surface area contributed by atoms with Crippen LogP contribution in [-0.4, -0.2) is 18.3 Å². The quantitative estimate of drug-likeness (QED) is 0.812. The molecule has 2 rings (SSSR count). The summed E-state index contributed by atoms with van der Waals surface area (Å²) in [4.78, 5) is 11.5. The number of nitrogens with one attached hydrogen (secondary N) is 1. The second-order valence-corrected chi connectivity index (χ2v) is 3.47. The minimum Gasteiger partial charge on any atom is -0.451 e. The smallest absolute Gasteiger partial charge is 0.287 e. The highest BCUT2D eigenvalue weighted by Gasteiger charge is 2.10. The Labute approximate surface area is 92.0 Å². The summed E-state index contributed by atoms with van der Waals surface area (Å²) >= 11 is 5.47. The van der Waals surface area contributed by atoms with E-state index in [1.165, 1.54) is 0 Å². The molecule has 0 spiro atoms. The van der Waals surface area contributed by atoms with Crippen molar-refractivity contribution in [3.05, 3.63) is 36.1 Å². The van der Waals surface area contributed by atoms with Crippen LogP contribution >= 0.6 is 11.6 Å². The minimum atomic E-state index is -0.230. The summed E-state index contributed by atoms with van der Waals surface area (Å²) in [6.45, 7) is 0.442. The van der Waals surface area contributed by atoms with Gasteiger partial charge < -0.3 is 9.73 Å². The zero-order valence-corrected chi connectivity index (χ0v) is 8.75.